The zero-order valence-corrected chi connectivity index (χ0v) is 16.2. The van der Waals surface area contributed by atoms with Gasteiger partial charge in [-0.25, -0.2) is 4.79 Å². The Morgan fingerprint density at radius 1 is 1.26 bits per heavy atom. The highest BCUT2D eigenvalue weighted by molar-refractivity contribution is 7.99. The topological polar surface area (TPSA) is 111 Å². The molecule has 0 bridgehead atoms. The number of H-pyrrole nitrogens is 1. The lowest BCUT2D eigenvalue weighted by atomic mass is 10.1. The van der Waals surface area contributed by atoms with E-state index in [1.54, 1.807) is 40.0 Å². The molecule has 3 aromatic rings. The third kappa shape index (κ3) is 3.82. The molecule has 3 aromatic heterocycles. The molecule has 0 aliphatic heterocycles. The molecule has 8 nitrogen and oxygen atoms in total. The standard InChI is InChI=1S/C18H19N3O5S/c1-5-24-17(23)14-9(2)15(19-10(14)3)13(22)8-27-18-21-20-16(26-18)12-6-7-25-11(12)4/h6-7,19H,5,8H2,1-4H3. The van der Waals surface area contributed by atoms with Crippen LogP contribution in [0.3, 0.4) is 0 Å². The number of nitrogens with zero attached hydrogens (tertiary/aromatic N) is 2. The summed E-state index contributed by atoms with van der Waals surface area (Å²) in [5, 5.41) is 8.20. The van der Waals surface area contributed by atoms with Crippen LogP contribution < -0.4 is 0 Å². The zero-order chi connectivity index (χ0) is 19.6. The molecule has 0 amide bonds. The molecule has 0 aromatic carbocycles. The van der Waals surface area contributed by atoms with Crippen molar-refractivity contribution in [1.82, 2.24) is 15.2 Å². The van der Waals surface area contributed by atoms with Gasteiger partial charge in [0.05, 0.1) is 35.4 Å². The third-order valence-electron chi connectivity index (χ3n) is 4.02. The van der Waals surface area contributed by atoms with E-state index in [4.69, 9.17) is 13.6 Å². The summed E-state index contributed by atoms with van der Waals surface area (Å²) in [7, 11) is 0. The number of hydrogen-bond acceptors (Lipinski definition) is 8. The Kier molecular flexibility index (Phi) is 5.50. The molecule has 0 radical (unpaired) electrons. The molecule has 0 unspecified atom stereocenters. The van der Waals surface area contributed by atoms with Crippen molar-refractivity contribution in [3.63, 3.8) is 0 Å². The van der Waals surface area contributed by atoms with E-state index in [1.807, 2.05) is 0 Å². The van der Waals surface area contributed by atoms with E-state index in [2.05, 4.69) is 15.2 Å². The van der Waals surface area contributed by atoms with Crippen LogP contribution in [0.5, 0.6) is 0 Å². The van der Waals surface area contributed by atoms with E-state index < -0.39 is 5.97 Å². The number of aromatic amines is 1. The van der Waals surface area contributed by atoms with Gasteiger partial charge in [0, 0.05) is 5.69 Å². The van der Waals surface area contributed by atoms with Crippen molar-refractivity contribution in [1.29, 1.82) is 0 Å². The van der Waals surface area contributed by atoms with Crippen molar-refractivity contribution in [2.45, 2.75) is 32.9 Å². The molecule has 0 spiro atoms. The number of nitrogens with one attached hydrogen (secondary N) is 1. The first-order valence-corrected chi connectivity index (χ1v) is 9.31. The van der Waals surface area contributed by atoms with Crippen molar-refractivity contribution >= 4 is 23.5 Å². The molecule has 0 aliphatic carbocycles. The molecule has 3 rings (SSSR count). The number of hydrogen-bond donors (Lipinski definition) is 1. The highest BCUT2D eigenvalue weighted by Gasteiger charge is 2.23. The second-order valence-corrected chi connectivity index (χ2v) is 6.75. The molecule has 0 saturated heterocycles. The summed E-state index contributed by atoms with van der Waals surface area (Å²) < 4.78 is 15.8. The Morgan fingerprint density at radius 3 is 2.70 bits per heavy atom. The van der Waals surface area contributed by atoms with Gasteiger partial charge in [0.2, 0.25) is 0 Å². The van der Waals surface area contributed by atoms with Gasteiger partial charge < -0.3 is 18.6 Å². The largest absolute Gasteiger partial charge is 0.469 e. The lowest BCUT2D eigenvalue weighted by Crippen LogP contribution is -2.08. The van der Waals surface area contributed by atoms with Crippen LogP contribution in [0, 0.1) is 20.8 Å². The number of Topliss-reactive ketones (excluding diaryl/α,β-unsaturated/α-hetero) is 1. The summed E-state index contributed by atoms with van der Waals surface area (Å²) >= 11 is 1.13. The Labute approximate surface area is 159 Å². The van der Waals surface area contributed by atoms with Crippen LogP contribution in [0.15, 0.2) is 26.4 Å². The fourth-order valence-electron chi connectivity index (χ4n) is 2.72. The van der Waals surface area contributed by atoms with Crippen molar-refractivity contribution < 1.29 is 23.2 Å². The van der Waals surface area contributed by atoms with Crippen LogP contribution in [0.25, 0.3) is 11.5 Å². The van der Waals surface area contributed by atoms with E-state index in [-0.39, 0.29) is 23.4 Å². The molecule has 0 fully saturated rings. The van der Waals surface area contributed by atoms with Crippen molar-refractivity contribution in [3.05, 3.63) is 40.6 Å². The van der Waals surface area contributed by atoms with Gasteiger partial charge in [-0.15, -0.1) is 10.2 Å². The number of esters is 1. The summed E-state index contributed by atoms with van der Waals surface area (Å²) in [6, 6.07) is 1.74. The fraction of sp³-hybridized carbons (Fsp3) is 0.333. The summed E-state index contributed by atoms with van der Waals surface area (Å²) in [5.74, 6) is 0.500. The predicted molar refractivity (Wildman–Crippen MR) is 98.0 cm³/mol. The minimum Gasteiger partial charge on any atom is -0.469 e. The number of ether oxygens (including phenoxy) is 1. The van der Waals surface area contributed by atoms with E-state index in [9.17, 15) is 9.59 Å². The van der Waals surface area contributed by atoms with Gasteiger partial charge in [-0.05, 0) is 39.3 Å². The van der Waals surface area contributed by atoms with E-state index >= 15 is 0 Å². The molecule has 0 atom stereocenters. The number of thioether (sulfide) groups is 1. The minimum atomic E-state index is -0.438. The van der Waals surface area contributed by atoms with Gasteiger partial charge in [0.25, 0.3) is 11.1 Å². The Morgan fingerprint density at radius 2 is 2.04 bits per heavy atom. The third-order valence-corrected chi connectivity index (χ3v) is 4.84. The first-order valence-electron chi connectivity index (χ1n) is 8.32. The lowest BCUT2D eigenvalue weighted by molar-refractivity contribution is 0.0525. The lowest BCUT2D eigenvalue weighted by Gasteiger charge is -2.02. The number of rotatable bonds is 7. The predicted octanol–water partition coefficient (Wildman–Crippen LogP) is 3.73. The molecule has 0 saturated carbocycles. The highest BCUT2D eigenvalue weighted by atomic mass is 32.2. The molecular formula is C18H19N3O5S. The second-order valence-electron chi connectivity index (χ2n) is 5.82. The molecular weight excluding hydrogens is 370 g/mol. The maximum absolute atomic E-state index is 12.6. The summed E-state index contributed by atoms with van der Waals surface area (Å²) in [6.07, 6.45) is 1.54. The maximum Gasteiger partial charge on any atom is 0.340 e. The van der Waals surface area contributed by atoms with Crippen LogP contribution in [-0.4, -0.2) is 39.3 Å². The second kappa shape index (κ2) is 7.83. The van der Waals surface area contributed by atoms with Crippen molar-refractivity contribution in [2.75, 3.05) is 12.4 Å². The number of aromatic nitrogens is 3. The normalized spacial score (nSPS) is 11.0. The van der Waals surface area contributed by atoms with Crippen LogP contribution in [0.2, 0.25) is 0 Å². The fourth-order valence-corrected chi connectivity index (χ4v) is 3.36. The van der Waals surface area contributed by atoms with E-state index in [0.29, 0.717) is 34.2 Å². The highest BCUT2D eigenvalue weighted by Crippen LogP contribution is 2.27. The summed E-state index contributed by atoms with van der Waals surface area (Å²) in [6.45, 7) is 7.27. The number of carbonyl (C=O) groups is 2. The molecule has 1 N–H and O–H groups in total. The van der Waals surface area contributed by atoms with Gasteiger partial charge in [-0.1, -0.05) is 11.8 Å². The van der Waals surface area contributed by atoms with E-state index in [0.717, 1.165) is 17.3 Å². The zero-order valence-electron chi connectivity index (χ0n) is 15.4. The van der Waals surface area contributed by atoms with Crippen LogP contribution in [-0.2, 0) is 4.74 Å². The van der Waals surface area contributed by atoms with Crippen LogP contribution in [0.4, 0.5) is 0 Å². The van der Waals surface area contributed by atoms with Gasteiger partial charge in [0.15, 0.2) is 5.78 Å². The Balaban J connectivity index is 1.70. The van der Waals surface area contributed by atoms with Gasteiger partial charge in [-0.3, -0.25) is 4.79 Å². The van der Waals surface area contributed by atoms with E-state index in [1.165, 1.54) is 0 Å². The number of carbonyl (C=O) groups excluding carboxylic acids is 2. The Hall–Kier alpha value is -2.81. The average Bonchev–Trinajstić information content (AvgIpc) is 3.32. The summed E-state index contributed by atoms with van der Waals surface area (Å²) in [4.78, 5) is 27.6. The summed E-state index contributed by atoms with van der Waals surface area (Å²) in [5.41, 5.74) is 2.69. The van der Waals surface area contributed by atoms with Crippen LogP contribution in [0.1, 0.15) is 44.8 Å². The van der Waals surface area contributed by atoms with Crippen LogP contribution >= 0.6 is 11.8 Å². The average molecular weight is 389 g/mol. The van der Waals surface area contributed by atoms with Gasteiger partial charge >= 0.3 is 5.97 Å². The molecule has 27 heavy (non-hydrogen) atoms. The molecule has 9 heteroatoms. The number of ketones is 1. The van der Waals surface area contributed by atoms with Crippen molar-refractivity contribution in [3.8, 4) is 11.5 Å². The minimum absolute atomic E-state index is 0.0923. The molecule has 3 heterocycles. The monoisotopic (exact) mass is 389 g/mol. The molecule has 0 aliphatic rings. The maximum atomic E-state index is 12.6. The van der Waals surface area contributed by atoms with Crippen molar-refractivity contribution in [2.24, 2.45) is 0 Å². The quantitative estimate of drug-likeness (QED) is 0.370. The first-order chi connectivity index (χ1) is 12.9. The van der Waals surface area contributed by atoms with Gasteiger partial charge in [0.1, 0.15) is 5.76 Å². The van der Waals surface area contributed by atoms with Gasteiger partial charge in [-0.2, -0.15) is 0 Å². The Bertz CT molecular complexity index is 985. The smallest absolute Gasteiger partial charge is 0.340 e. The first kappa shape index (κ1) is 19.0. The SMILES string of the molecule is CCOC(=O)c1c(C)[nH]c(C(=O)CSc2nnc(-c3ccoc3C)o2)c1C. The number of furan rings is 1. The number of aryl methyl sites for hydroxylation is 2. The molecule has 142 valence electrons.